The van der Waals surface area contributed by atoms with Gasteiger partial charge in [0.25, 0.3) is 0 Å². The zero-order chi connectivity index (χ0) is 21.1. The van der Waals surface area contributed by atoms with Gasteiger partial charge in [-0.25, -0.2) is 4.99 Å². The number of thioether (sulfide) groups is 1. The number of hydrogen-bond donors (Lipinski definition) is 1. The number of nitrogens with one attached hydrogen (secondary N) is 1. The normalized spacial score (nSPS) is 18.2. The first kappa shape index (κ1) is 22.0. The summed E-state index contributed by atoms with van der Waals surface area (Å²) in [7, 11) is 0. The van der Waals surface area contributed by atoms with Crippen molar-refractivity contribution in [3.05, 3.63) is 57.0 Å². The van der Waals surface area contributed by atoms with Crippen LogP contribution in [0.1, 0.15) is 18.9 Å². The van der Waals surface area contributed by atoms with Crippen LogP contribution >= 0.6 is 46.6 Å². The van der Waals surface area contributed by atoms with E-state index in [1.54, 1.807) is 35.2 Å². The quantitative estimate of drug-likeness (QED) is 0.602. The van der Waals surface area contributed by atoms with E-state index in [9.17, 15) is 9.59 Å². The average Bonchev–Trinajstić information content (AvgIpc) is 2.63. The van der Waals surface area contributed by atoms with E-state index in [0.29, 0.717) is 38.2 Å². The molecule has 0 aromatic heterocycles. The number of halogens is 3. The Morgan fingerprint density at radius 1 is 1.21 bits per heavy atom. The van der Waals surface area contributed by atoms with E-state index in [1.807, 2.05) is 19.9 Å². The van der Waals surface area contributed by atoms with Crippen LogP contribution in [0.15, 0.2) is 41.4 Å². The molecule has 3 rings (SSSR count). The lowest BCUT2D eigenvalue weighted by Gasteiger charge is -2.31. The van der Waals surface area contributed by atoms with Crippen molar-refractivity contribution in [2.75, 3.05) is 11.9 Å². The number of hydrogen-bond acceptors (Lipinski definition) is 4. The van der Waals surface area contributed by atoms with E-state index in [4.69, 9.17) is 34.8 Å². The van der Waals surface area contributed by atoms with Gasteiger partial charge in [-0.05, 0) is 49.7 Å². The molecule has 0 aliphatic carbocycles. The molecular weight excluding hydrogens is 453 g/mol. The molecule has 152 valence electrons. The predicted molar refractivity (Wildman–Crippen MR) is 122 cm³/mol. The summed E-state index contributed by atoms with van der Waals surface area (Å²) < 4.78 is 0. The minimum absolute atomic E-state index is 0.0826. The van der Waals surface area contributed by atoms with E-state index in [2.05, 4.69) is 10.3 Å². The van der Waals surface area contributed by atoms with Crippen LogP contribution in [-0.2, 0) is 9.59 Å². The van der Waals surface area contributed by atoms with Crippen LogP contribution in [0.3, 0.4) is 0 Å². The number of anilines is 1. The Balaban J connectivity index is 1.84. The topological polar surface area (TPSA) is 61.8 Å². The first-order valence-electron chi connectivity index (χ1n) is 8.85. The van der Waals surface area contributed by atoms with Crippen LogP contribution in [0, 0.1) is 6.92 Å². The Bertz CT molecular complexity index is 977. The fraction of sp³-hybridized carbons (Fsp3) is 0.250. The van der Waals surface area contributed by atoms with Crippen LogP contribution in [0.4, 0.5) is 11.4 Å². The van der Waals surface area contributed by atoms with Gasteiger partial charge in [-0.2, -0.15) is 0 Å². The third kappa shape index (κ3) is 5.45. The average molecular weight is 471 g/mol. The maximum atomic E-state index is 12.8. The Morgan fingerprint density at radius 2 is 1.90 bits per heavy atom. The molecular formula is C20H18Cl3N3O2S. The number of carbonyl (C=O) groups is 2. The molecule has 2 aromatic carbocycles. The smallest absolute Gasteiger partial charge is 0.238 e. The summed E-state index contributed by atoms with van der Waals surface area (Å²) in [5.41, 5.74) is 2.01. The molecule has 1 N–H and O–H groups in total. The zero-order valence-electron chi connectivity index (χ0n) is 15.7. The Hall–Kier alpha value is -1.73. The SMILES string of the molecule is CCN1C(=O)CC(C(=O)Nc2ccc(C)c(Cl)c2)SC1=Nc1cc(Cl)cc(Cl)c1. The van der Waals surface area contributed by atoms with E-state index in [-0.39, 0.29) is 18.2 Å². The largest absolute Gasteiger partial charge is 0.325 e. The van der Waals surface area contributed by atoms with E-state index in [0.717, 1.165) is 5.56 Å². The monoisotopic (exact) mass is 469 g/mol. The van der Waals surface area contributed by atoms with Crippen molar-refractivity contribution in [2.24, 2.45) is 4.99 Å². The van der Waals surface area contributed by atoms with Crippen LogP contribution in [0.5, 0.6) is 0 Å². The number of rotatable bonds is 4. The highest BCUT2D eigenvalue weighted by Gasteiger charge is 2.35. The lowest BCUT2D eigenvalue weighted by Crippen LogP contribution is -2.45. The summed E-state index contributed by atoms with van der Waals surface area (Å²) >= 11 is 19.4. The van der Waals surface area contributed by atoms with E-state index >= 15 is 0 Å². The Kier molecular flexibility index (Phi) is 7.11. The Morgan fingerprint density at radius 3 is 2.52 bits per heavy atom. The second-order valence-electron chi connectivity index (χ2n) is 6.42. The lowest BCUT2D eigenvalue weighted by atomic mass is 10.2. The second-order valence-corrected chi connectivity index (χ2v) is 8.87. The van der Waals surface area contributed by atoms with Gasteiger partial charge in [0.2, 0.25) is 11.8 Å². The molecule has 1 aliphatic heterocycles. The summed E-state index contributed by atoms with van der Waals surface area (Å²) in [4.78, 5) is 31.4. The first-order valence-corrected chi connectivity index (χ1v) is 10.9. The molecule has 0 spiro atoms. The highest BCUT2D eigenvalue weighted by molar-refractivity contribution is 8.15. The third-order valence-corrected chi connectivity index (χ3v) is 6.29. The molecule has 0 bridgehead atoms. The van der Waals surface area contributed by atoms with Gasteiger partial charge in [-0.15, -0.1) is 0 Å². The molecule has 1 unspecified atom stereocenters. The summed E-state index contributed by atoms with van der Waals surface area (Å²) in [6.07, 6.45) is 0.0826. The molecule has 9 heteroatoms. The van der Waals surface area contributed by atoms with Crippen molar-refractivity contribution in [1.29, 1.82) is 0 Å². The molecule has 1 atom stereocenters. The predicted octanol–water partition coefficient (Wildman–Crippen LogP) is 5.94. The molecule has 1 saturated heterocycles. The van der Waals surface area contributed by atoms with Crippen molar-refractivity contribution in [3.8, 4) is 0 Å². The van der Waals surface area contributed by atoms with E-state index < -0.39 is 5.25 Å². The number of amidine groups is 1. The number of aryl methyl sites for hydroxylation is 1. The molecule has 5 nitrogen and oxygen atoms in total. The molecule has 2 aromatic rings. The van der Waals surface area contributed by atoms with Crippen LogP contribution in [0.25, 0.3) is 0 Å². The van der Waals surface area contributed by atoms with Crippen molar-refractivity contribution in [2.45, 2.75) is 25.5 Å². The van der Waals surface area contributed by atoms with Crippen LogP contribution in [0.2, 0.25) is 15.1 Å². The van der Waals surface area contributed by atoms with Crippen molar-refractivity contribution in [1.82, 2.24) is 4.90 Å². The van der Waals surface area contributed by atoms with Gasteiger partial charge in [0, 0.05) is 33.7 Å². The molecule has 0 radical (unpaired) electrons. The van der Waals surface area contributed by atoms with Gasteiger partial charge in [0.1, 0.15) is 5.25 Å². The lowest BCUT2D eigenvalue weighted by molar-refractivity contribution is -0.129. The van der Waals surface area contributed by atoms with Crippen molar-refractivity contribution in [3.63, 3.8) is 0 Å². The maximum Gasteiger partial charge on any atom is 0.238 e. The van der Waals surface area contributed by atoms with Gasteiger partial charge in [0.05, 0.1) is 5.69 Å². The number of aliphatic imine (C=N–C) groups is 1. The summed E-state index contributed by atoms with van der Waals surface area (Å²) in [5, 5.41) is 4.09. The number of benzene rings is 2. The highest BCUT2D eigenvalue weighted by Crippen LogP contribution is 2.32. The van der Waals surface area contributed by atoms with Gasteiger partial charge in [-0.3, -0.25) is 14.5 Å². The molecule has 1 aliphatic rings. The first-order chi connectivity index (χ1) is 13.8. The number of amides is 2. The van der Waals surface area contributed by atoms with Gasteiger partial charge in [-0.1, -0.05) is 52.6 Å². The highest BCUT2D eigenvalue weighted by atomic mass is 35.5. The minimum Gasteiger partial charge on any atom is -0.325 e. The van der Waals surface area contributed by atoms with E-state index in [1.165, 1.54) is 11.8 Å². The molecule has 29 heavy (non-hydrogen) atoms. The number of nitrogens with zero attached hydrogens (tertiary/aromatic N) is 2. The third-order valence-electron chi connectivity index (χ3n) is 4.26. The zero-order valence-corrected chi connectivity index (χ0v) is 18.8. The van der Waals surface area contributed by atoms with Gasteiger partial charge >= 0.3 is 0 Å². The molecule has 0 saturated carbocycles. The van der Waals surface area contributed by atoms with Crippen molar-refractivity contribution >= 4 is 74.9 Å². The second kappa shape index (κ2) is 9.39. The molecule has 2 amide bonds. The fourth-order valence-electron chi connectivity index (χ4n) is 2.76. The Labute approximate surface area is 188 Å². The molecule has 1 heterocycles. The maximum absolute atomic E-state index is 12.8. The summed E-state index contributed by atoms with van der Waals surface area (Å²) in [6.45, 7) is 4.18. The standard InChI is InChI=1S/C20H18Cl3N3O2S/c1-3-26-18(27)10-17(19(28)24-14-5-4-11(2)16(23)9-14)29-20(26)25-15-7-12(21)6-13(22)8-15/h4-9,17H,3,10H2,1-2H3,(H,24,28). The fourth-order valence-corrected chi connectivity index (χ4v) is 4.62. The van der Waals surface area contributed by atoms with Crippen LogP contribution < -0.4 is 5.32 Å². The number of carbonyl (C=O) groups excluding carboxylic acids is 2. The summed E-state index contributed by atoms with van der Waals surface area (Å²) in [5.74, 6) is -0.448. The minimum atomic E-state index is -0.612. The van der Waals surface area contributed by atoms with Gasteiger partial charge in [0.15, 0.2) is 5.17 Å². The van der Waals surface area contributed by atoms with Crippen LogP contribution in [-0.4, -0.2) is 33.7 Å². The summed E-state index contributed by atoms with van der Waals surface area (Å²) in [6, 6.07) is 10.2. The van der Waals surface area contributed by atoms with Crippen molar-refractivity contribution < 1.29 is 9.59 Å². The van der Waals surface area contributed by atoms with Gasteiger partial charge < -0.3 is 5.32 Å². The molecule has 1 fully saturated rings.